The number of hydrogen-bond donors (Lipinski definition) is 2. The molecule has 3 fully saturated rings. The Bertz CT molecular complexity index is 852. The van der Waals surface area contributed by atoms with Crippen LogP contribution in [0.15, 0.2) is 11.6 Å². The van der Waals surface area contributed by atoms with Gasteiger partial charge in [-0.05, 0) is 106 Å². The van der Waals surface area contributed by atoms with Crippen LogP contribution in [0.3, 0.4) is 0 Å². The molecule has 0 aliphatic heterocycles. The van der Waals surface area contributed by atoms with Crippen LogP contribution in [0.5, 0.6) is 0 Å². The van der Waals surface area contributed by atoms with Gasteiger partial charge in [-0.15, -0.1) is 0 Å². The van der Waals surface area contributed by atoms with E-state index in [-0.39, 0.29) is 46.6 Å². The van der Waals surface area contributed by atoms with Crippen molar-refractivity contribution < 1.29 is 29.3 Å². The molecule has 0 aromatic rings. The Balaban J connectivity index is 1.42. The average Bonchev–Trinajstić information content (AvgIpc) is 3.10. The van der Waals surface area contributed by atoms with Crippen molar-refractivity contribution in [1.29, 1.82) is 0 Å². The molecule has 0 radical (unpaired) electrons. The molecule has 0 aromatic carbocycles. The van der Waals surface area contributed by atoms with Gasteiger partial charge in [0.05, 0.1) is 18.8 Å². The van der Waals surface area contributed by atoms with Crippen LogP contribution in [0.1, 0.15) is 98.8 Å². The molecule has 0 heterocycles. The van der Waals surface area contributed by atoms with Gasteiger partial charge in [0.1, 0.15) is 5.78 Å². The lowest BCUT2D eigenvalue weighted by molar-refractivity contribution is -0.162. The van der Waals surface area contributed by atoms with Crippen LogP contribution in [0.2, 0.25) is 0 Å². The van der Waals surface area contributed by atoms with E-state index >= 15 is 0 Å². The van der Waals surface area contributed by atoms with E-state index in [1.807, 2.05) is 6.92 Å². The second kappa shape index (κ2) is 10.9. The molecule has 10 atom stereocenters. The summed E-state index contributed by atoms with van der Waals surface area (Å²) in [5.74, 6) is 1.52. The number of esters is 1. The van der Waals surface area contributed by atoms with E-state index in [2.05, 4.69) is 19.9 Å². The van der Waals surface area contributed by atoms with Crippen LogP contribution in [-0.2, 0) is 19.1 Å². The predicted octanol–water partition coefficient (Wildman–Crippen LogP) is 5.20. The second-order valence-corrected chi connectivity index (χ2v) is 13.0. The summed E-state index contributed by atoms with van der Waals surface area (Å²) in [5.41, 5.74) is 1.53. The van der Waals surface area contributed by atoms with Gasteiger partial charge in [0, 0.05) is 12.8 Å². The number of carbonyl (C=O) groups excluding carboxylic acids is 2. The van der Waals surface area contributed by atoms with Gasteiger partial charge in [-0.3, -0.25) is 9.59 Å². The molecule has 4 rings (SSSR count). The monoisotopic (exact) mass is 504 g/mol. The first-order valence-corrected chi connectivity index (χ1v) is 14.3. The average molecular weight is 505 g/mol. The van der Waals surface area contributed by atoms with Crippen LogP contribution in [-0.4, -0.2) is 47.1 Å². The summed E-state index contributed by atoms with van der Waals surface area (Å²) in [5, 5.41) is 21.0. The summed E-state index contributed by atoms with van der Waals surface area (Å²) in [6.07, 6.45) is 10.0. The zero-order valence-electron chi connectivity index (χ0n) is 23.0. The lowest BCUT2D eigenvalue weighted by Crippen LogP contribution is -2.51. The highest BCUT2D eigenvalue weighted by Crippen LogP contribution is 2.66. The van der Waals surface area contributed by atoms with Crippen molar-refractivity contribution in [1.82, 2.24) is 0 Å². The quantitative estimate of drug-likeness (QED) is 0.255. The summed E-state index contributed by atoms with van der Waals surface area (Å²) in [6.45, 7) is 10.3. The van der Waals surface area contributed by atoms with E-state index in [0.717, 1.165) is 57.8 Å². The van der Waals surface area contributed by atoms with Gasteiger partial charge in [0.25, 0.3) is 0 Å². The molecule has 4 aliphatic rings. The van der Waals surface area contributed by atoms with Crippen molar-refractivity contribution in [2.45, 2.75) is 117 Å². The van der Waals surface area contributed by atoms with Crippen LogP contribution < -0.4 is 0 Å². The number of hydrogen-bond acceptors (Lipinski definition) is 6. The molecule has 4 aliphatic carbocycles. The van der Waals surface area contributed by atoms with Gasteiger partial charge in [-0.1, -0.05) is 32.4 Å². The van der Waals surface area contributed by atoms with E-state index in [1.54, 1.807) is 6.92 Å². The van der Waals surface area contributed by atoms with E-state index in [9.17, 15) is 19.8 Å². The number of ketones is 1. The summed E-state index contributed by atoms with van der Waals surface area (Å²) >= 11 is 0. The number of rotatable bonds is 9. The standard InChI is InChI=1S/C30H48O6/c1-18(17-35-20(3)32)7-6-8-27(34)36-26-16-25-23-10-9-21-15-22(33)11-13-29(21,4)24(23)12-14-30(25,5)28(26)19(2)31/h9,18,22-28,33-34H,6-8,10-17H2,1-5H3/t18-,22-,23?,24?,25?,26?,27?,28?,29-,30-/m0/s1. The minimum atomic E-state index is -0.882. The van der Waals surface area contributed by atoms with Crippen LogP contribution >= 0.6 is 0 Å². The topological polar surface area (TPSA) is 93.1 Å². The SMILES string of the molecule is CC(=O)OC[C@@H](C)CCCC(O)OC1CC2C3CC=C4C[C@@H](O)CC[C@]4(C)C3CC[C@]2(C)C1C(C)=O. The predicted molar refractivity (Wildman–Crippen MR) is 138 cm³/mol. The van der Waals surface area contributed by atoms with Crippen molar-refractivity contribution in [3.63, 3.8) is 0 Å². The number of fused-ring (bicyclic) bond motifs is 5. The molecule has 36 heavy (non-hydrogen) atoms. The summed E-state index contributed by atoms with van der Waals surface area (Å²) < 4.78 is 11.3. The summed E-state index contributed by atoms with van der Waals surface area (Å²) in [7, 11) is 0. The third-order valence-electron chi connectivity index (χ3n) is 10.6. The molecule has 6 heteroatoms. The highest BCUT2D eigenvalue weighted by molar-refractivity contribution is 5.80. The fourth-order valence-corrected chi connectivity index (χ4v) is 8.74. The van der Waals surface area contributed by atoms with Crippen molar-refractivity contribution in [2.75, 3.05) is 6.61 Å². The van der Waals surface area contributed by atoms with E-state index in [4.69, 9.17) is 9.47 Å². The molecular formula is C30H48O6. The van der Waals surface area contributed by atoms with Crippen LogP contribution in [0, 0.1) is 40.4 Å². The lowest BCUT2D eigenvalue weighted by atomic mass is 9.47. The summed E-state index contributed by atoms with van der Waals surface area (Å²) in [6, 6.07) is 0. The second-order valence-electron chi connectivity index (χ2n) is 13.0. The molecule has 6 nitrogen and oxygen atoms in total. The maximum absolute atomic E-state index is 13.0. The number of carbonyl (C=O) groups is 2. The van der Waals surface area contributed by atoms with Crippen LogP contribution in [0.25, 0.3) is 0 Å². The molecule has 0 saturated heterocycles. The first-order valence-electron chi connectivity index (χ1n) is 14.3. The molecule has 204 valence electrons. The zero-order valence-corrected chi connectivity index (χ0v) is 23.0. The highest BCUT2D eigenvalue weighted by atomic mass is 16.6. The van der Waals surface area contributed by atoms with Gasteiger partial charge in [-0.2, -0.15) is 0 Å². The summed E-state index contributed by atoms with van der Waals surface area (Å²) in [4.78, 5) is 24.0. The zero-order chi connectivity index (χ0) is 26.3. The van der Waals surface area contributed by atoms with E-state index in [1.165, 1.54) is 12.5 Å². The number of aliphatic hydroxyl groups excluding tert-OH is 2. The number of allylic oxidation sites excluding steroid dienone is 1. The Hall–Kier alpha value is -1.24. The number of Topliss-reactive ketones (excluding diaryl/α,β-unsaturated/α-hetero) is 1. The maximum atomic E-state index is 13.0. The third-order valence-corrected chi connectivity index (χ3v) is 10.6. The van der Waals surface area contributed by atoms with E-state index < -0.39 is 6.29 Å². The smallest absolute Gasteiger partial charge is 0.302 e. The minimum Gasteiger partial charge on any atom is -0.466 e. The Labute approximate surface area is 217 Å². The van der Waals surface area contributed by atoms with Crippen molar-refractivity contribution in [3.05, 3.63) is 11.6 Å². The minimum absolute atomic E-state index is 0.0915. The molecule has 2 N–H and O–H groups in total. The number of ether oxygens (including phenoxy) is 2. The molecular weight excluding hydrogens is 456 g/mol. The lowest BCUT2D eigenvalue weighted by Gasteiger charge is -2.57. The van der Waals surface area contributed by atoms with Gasteiger partial charge in [0.2, 0.25) is 0 Å². The largest absolute Gasteiger partial charge is 0.466 e. The highest BCUT2D eigenvalue weighted by Gasteiger charge is 2.62. The van der Waals surface area contributed by atoms with Crippen LogP contribution in [0.4, 0.5) is 0 Å². The number of aliphatic hydroxyl groups is 2. The Morgan fingerprint density at radius 3 is 2.58 bits per heavy atom. The van der Waals surface area contributed by atoms with Crippen molar-refractivity contribution >= 4 is 11.8 Å². The normalized spacial score (nSPS) is 41.4. The molecule has 0 amide bonds. The van der Waals surface area contributed by atoms with Gasteiger partial charge in [-0.25, -0.2) is 0 Å². The molecule has 0 bridgehead atoms. The first-order chi connectivity index (χ1) is 17.0. The van der Waals surface area contributed by atoms with Crippen molar-refractivity contribution in [3.8, 4) is 0 Å². The molecule has 6 unspecified atom stereocenters. The molecule has 0 aromatic heterocycles. The Kier molecular flexibility index (Phi) is 8.38. The van der Waals surface area contributed by atoms with Gasteiger partial charge >= 0.3 is 5.97 Å². The fourth-order valence-electron chi connectivity index (χ4n) is 8.74. The van der Waals surface area contributed by atoms with Gasteiger partial charge < -0.3 is 19.7 Å². The maximum Gasteiger partial charge on any atom is 0.302 e. The fraction of sp³-hybridized carbons (Fsp3) is 0.867. The molecule has 0 spiro atoms. The van der Waals surface area contributed by atoms with E-state index in [0.29, 0.717) is 30.8 Å². The first kappa shape index (κ1) is 27.8. The Morgan fingerprint density at radius 1 is 1.14 bits per heavy atom. The molecule has 3 saturated carbocycles. The van der Waals surface area contributed by atoms with Crippen molar-refractivity contribution in [2.24, 2.45) is 40.4 Å². The Morgan fingerprint density at radius 2 is 1.89 bits per heavy atom. The third kappa shape index (κ3) is 5.33. The van der Waals surface area contributed by atoms with Gasteiger partial charge in [0.15, 0.2) is 6.29 Å².